The van der Waals surface area contributed by atoms with Crippen LogP contribution in [-0.2, 0) is 0 Å². The lowest BCUT2D eigenvalue weighted by molar-refractivity contribution is 0.936. The molecule has 0 saturated heterocycles. The summed E-state index contributed by atoms with van der Waals surface area (Å²) in [6.45, 7) is 2.07. The van der Waals surface area contributed by atoms with Crippen molar-refractivity contribution < 1.29 is 0 Å². The summed E-state index contributed by atoms with van der Waals surface area (Å²) in [5, 5.41) is 3.26. The lowest BCUT2D eigenvalue weighted by Gasteiger charge is -2.08. The Morgan fingerprint density at radius 3 is 2.56 bits per heavy atom. The second-order valence-electron chi connectivity index (χ2n) is 4.80. The van der Waals surface area contributed by atoms with E-state index in [1.165, 1.54) is 18.4 Å². The molecule has 1 fully saturated rings. The molecule has 0 unspecified atom stereocenters. The molecule has 0 amide bonds. The Kier molecular flexibility index (Phi) is 2.63. The molecule has 4 heteroatoms. The van der Waals surface area contributed by atoms with Crippen LogP contribution in [0, 0.1) is 6.92 Å². The molecule has 1 aliphatic rings. The largest absolute Gasteiger partial charge is 0.384 e. The smallest absolute Gasteiger partial charge is 0.136 e. The highest BCUT2D eigenvalue weighted by atomic mass is 15.1. The van der Waals surface area contributed by atoms with Gasteiger partial charge in [-0.3, -0.25) is 0 Å². The Bertz CT molecular complexity index is 559. The third-order valence-electron chi connectivity index (χ3n) is 3.03. The molecular formula is C14H16N4. The van der Waals surface area contributed by atoms with Crippen LogP contribution in [-0.4, -0.2) is 9.97 Å². The zero-order valence-electron chi connectivity index (χ0n) is 10.4. The van der Waals surface area contributed by atoms with Gasteiger partial charge in [-0.15, -0.1) is 0 Å². The summed E-state index contributed by atoms with van der Waals surface area (Å²) in [5.41, 5.74) is 8.06. The molecule has 18 heavy (non-hydrogen) atoms. The topological polar surface area (TPSA) is 63.8 Å². The van der Waals surface area contributed by atoms with Crippen molar-refractivity contribution in [1.82, 2.24) is 9.97 Å². The molecule has 92 valence electrons. The number of hydrogen-bond donors (Lipinski definition) is 2. The highest BCUT2D eigenvalue weighted by molar-refractivity contribution is 5.58. The van der Waals surface area contributed by atoms with Crippen molar-refractivity contribution in [3.63, 3.8) is 0 Å². The minimum absolute atomic E-state index is 0.507. The summed E-state index contributed by atoms with van der Waals surface area (Å²) in [4.78, 5) is 8.79. The van der Waals surface area contributed by atoms with Crippen LogP contribution in [0.4, 0.5) is 17.3 Å². The van der Waals surface area contributed by atoms with Crippen molar-refractivity contribution in [2.75, 3.05) is 11.1 Å². The second kappa shape index (κ2) is 4.29. The normalized spacial score (nSPS) is 14.5. The van der Waals surface area contributed by atoms with E-state index in [0.717, 1.165) is 17.3 Å². The molecule has 0 radical (unpaired) electrons. The van der Waals surface area contributed by atoms with Crippen LogP contribution >= 0.6 is 0 Å². The predicted octanol–water partition coefficient (Wildman–Crippen LogP) is 2.99. The van der Waals surface area contributed by atoms with E-state index in [2.05, 4.69) is 34.3 Å². The molecule has 4 nitrogen and oxygen atoms in total. The predicted molar refractivity (Wildman–Crippen MR) is 72.9 cm³/mol. The van der Waals surface area contributed by atoms with E-state index in [1.807, 2.05) is 12.1 Å². The third kappa shape index (κ3) is 2.42. The van der Waals surface area contributed by atoms with Crippen LogP contribution in [0.3, 0.4) is 0 Å². The van der Waals surface area contributed by atoms with Gasteiger partial charge in [0.25, 0.3) is 0 Å². The lowest BCUT2D eigenvalue weighted by atomic mass is 10.2. The fraction of sp³-hybridized carbons (Fsp3) is 0.286. The van der Waals surface area contributed by atoms with E-state index in [0.29, 0.717) is 11.7 Å². The molecule has 1 aliphatic carbocycles. The molecule has 3 N–H and O–H groups in total. The number of nitrogens with zero attached hydrogens (tertiary/aromatic N) is 2. The van der Waals surface area contributed by atoms with Crippen LogP contribution in [0.25, 0.3) is 0 Å². The molecule has 2 aromatic rings. The van der Waals surface area contributed by atoms with Gasteiger partial charge in [-0.05, 0) is 31.9 Å². The van der Waals surface area contributed by atoms with E-state index in [1.54, 1.807) is 6.07 Å². The highest BCUT2D eigenvalue weighted by Crippen LogP contribution is 2.38. The summed E-state index contributed by atoms with van der Waals surface area (Å²) in [6, 6.07) is 9.96. The summed E-state index contributed by atoms with van der Waals surface area (Å²) in [6.07, 6.45) is 2.35. The Balaban J connectivity index is 1.85. The number of anilines is 3. The molecule has 0 aliphatic heterocycles. The van der Waals surface area contributed by atoms with Crippen molar-refractivity contribution in [2.45, 2.75) is 25.7 Å². The van der Waals surface area contributed by atoms with Gasteiger partial charge in [-0.1, -0.05) is 17.7 Å². The molecule has 1 saturated carbocycles. The van der Waals surface area contributed by atoms with Gasteiger partial charge in [0.15, 0.2) is 0 Å². The quantitative estimate of drug-likeness (QED) is 0.865. The number of hydrogen-bond acceptors (Lipinski definition) is 4. The van der Waals surface area contributed by atoms with Gasteiger partial charge in [0, 0.05) is 17.7 Å². The molecule has 1 heterocycles. The number of nitrogens with one attached hydrogen (secondary N) is 1. The molecule has 0 atom stereocenters. The average molecular weight is 240 g/mol. The molecule has 0 bridgehead atoms. The molecular weight excluding hydrogens is 224 g/mol. The maximum Gasteiger partial charge on any atom is 0.136 e. The fourth-order valence-electron chi connectivity index (χ4n) is 1.86. The molecule has 1 aromatic heterocycles. The number of nitrogen functional groups attached to an aromatic ring is 1. The third-order valence-corrected chi connectivity index (χ3v) is 3.03. The van der Waals surface area contributed by atoms with Crippen molar-refractivity contribution in [1.29, 1.82) is 0 Å². The van der Waals surface area contributed by atoms with Crippen molar-refractivity contribution in [3.05, 3.63) is 41.7 Å². The average Bonchev–Trinajstić information content (AvgIpc) is 3.15. The van der Waals surface area contributed by atoms with Crippen LogP contribution in [0.5, 0.6) is 0 Å². The zero-order chi connectivity index (χ0) is 12.5. The number of benzene rings is 1. The highest BCUT2D eigenvalue weighted by Gasteiger charge is 2.27. The Labute approximate surface area is 106 Å². The van der Waals surface area contributed by atoms with Crippen LogP contribution in [0.1, 0.15) is 30.1 Å². The number of aryl methyl sites for hydroxylation is 1. The first-order valence-corrected chi connectivity index (χ1v) is 6.19. The summed E-state index contributed by atoms with van der Waals surface area (Å²) < 4.78 is 0. The van der Waals surface area contributed by atoms with Gasteiger partial charge in [0.05, 0.1) is 0 Å². The fourth-order valence-corrected chi connectivity index (χ4v) is 1.86. The van der Waals surface area contributed by atoms with Gasteiger partial charge in [-0.25, -0.2) is 9.97 Å². The Morgan fingerprint density at radius 1 is 1.17 bits per heavy atom. The standard InChI is InChI=1S/C14H16N4/c1-9-2-6-11(7-3-9)16-13-8-12(15)17-14(18-13)10-4-5-10/h2-3,6-8,10H,4-5H2,1H3,(H3,15,16,17,18). The van der Waals surface area contributed by atoms with Gasteiger partial charge in [0.2, 0.25) is 0 Å². The van der Waals surface area contributed by atoms with E-state index < -0.39 is 0 Å². The summed E-state index contributed by atoms with van der Waals surface area (Å²) in [7, 11) is 0. The zero-order valence-corrected chi connectivity index (χ0v) is 10.4. The minimum atomic E-state index is 0.507. The van der Waals surface area contributed by atoms with Crippen LogP contribution < -0.4 is 11.1 Å². The van der Waals surface area contributed by atoms with Crippen molar-refractivity contribution in [3.8, 4) is 0 Å². The second-order valence-corrected chi connectivity index (χ2v) is 4.80. The van der Waals surface area contributed by atoms with Crippen molar-refractivity contribution in [2.24, 2.45) is 0 Å². The van der Waals surface area contributed by atoms with Crippen LogP contribution in [0.2, 0.25) is 0 Å². The Morgan fingerprint density at radius 2 is 1.89 bits per heavy atom. The van der Waals surface area contributed by atoms with E-state index in [-0.39, 0.29) is 0 Å². The summed E-state index contributed by atoms with van der Waals surface area (Å²) >= 11 is 0. The number of rotatable bonds is 3. The van der Waals surface area contributed by atoms with E-state index in [4.69, 9.17) is 5.73 Å². The summed E-state index contributed by atoms with van der Waals surface area (Å²) in [5.74, 6) is 2.67. The van der Waals surface area contributed by atoms with Gasteiger partial charge in [-0.2, -0.15) is 0 Å². The maximum atomic E-state index is 5.81. The molecule has 3 rings (SSSR count). The van der Waals surface area contributed by atoms with E-state index in [9.17, 15) is 0 Å². The van der Waals surface area contributed by atoms with Crippen molar-refractivity contribution >= 4 is 17.3 Å². The minimum Gasteiger partial charge on any atom is -0.384 e. The first-order chi connectivity index (χ1) is 8.70. The lowest BCUT2D eigenvalue weighted by Crippen LogP contribution is -2.02. The van der Waals surface area contributed by atoms with Gasteiger partial charge in [0.1, 0.15) is 17.5 Å². The first kappa shape index (κ1) is 11.0. The number of aromatic nitrogens is 2. The molecule has 1 aromatic carbocycles. The van der Waals surface area contributed by atoms with Crippen LogP contribution in [0.15, 0.2) is 30.3 Å². The maximum absolute atomic E-state index is 5.81. The number of nitrogens with two attached hydrogens (primary N) is 1. The van der Waals surface area contributed by atoms with Gasteiger partial charge < -0.3 is 11.1 Å². The van der Waals surface area contributed by atoms with Gasteiger partial charge >= 0.3 is 0 Å². The van der Waals surface area contributed by atoms with E-state index >= 15 is 0 Å². The Hall–Kier alpha value is -2.10. The first-order valence-electron chi connectivity index (χ1n) is 6.19. The molecule has 0 spiro atoms. The monoisotopic (exact) mass is 240 g/mol. The SMILES string of the molecule is Cc1ccc(Nc2cc(N)nc(C3CC3)n2)cc1.